The molecule has 1 fully saturated rings. The standard InChI is InChI=1S/C13H15F4N3O/c1-19-2-4-20(5-3-19)10(21)7-18-13-11(16)8(14)6-9(15)12(13)17/h6,18H,2-5,7H2,1H3. The van der Waals surface area contributed by atoms with Crippen LogP contribution in [0.4, 0.5) is 23.2 Å². The highest BCUT2D eigenvalue weighted by Crippen LogP contribution is 2.23. The molecule has 1 N–H and O–H groups in total. The zero-order chi connectivity index (χ0) is 15.6. The third-order valence-electron chi connectivity index (χ3n) is 3.38. The second-order valence-corrected chi connectivity index (χ2v) is 4.88. The van der Waals surface area contributed by atoms with Gasteiger partial charge >= 0.3 is 0 Å². The maximum Gasteiger partial charge on any atom is 0.241 e. The molecule has 0 unspecified atom stereocenters. The smallest absolute Gasteiger partial charge is 0.241 e. The van der Waals surface area contributed by atoms with E-state index in [-0.39, 0.29) is 12.0 Å². The van der Waals surface area contributed by atoms with Gasteiger partial charge in [0.1, 0.15) is 5.69 Å². The predicted octanol–water partition coefficient (Wildman–Crippen LogP) is 1.43. The number of rotatable bonds is 3. The fourth-order valence-electron chi connectivity index (χ4n) is 2.06. The third-order valence-corrected chi connectivity index (χ3v) is 3.38. The molecule has 1 aliphatic heterocycles. The predicted molar refractivity (Wildman–Crippen MR) is 68.8 cm³/mol. The van der Waals surface area contributed by atoms with Crippen LogP contribution in [0.25, 0.3) is 0 Å². The molecule has 1 aliphatic rings. The van der Waals surface area contributed by atoms with Gasteiger partial charge in [0, 0.05) is 32.2 Å². The number of carbonyl (C=O) groups excluding carboxylic acids is 1. The number of nitrogens with zero attached hydrogens (tertiary/aromatic N) is 2. The van der Waals surface area contributed by atoms with Crippen LogP contribution in [0.3, 0.4) is 0 Å². The van der Waals surface area contributed by atoms with Crippen molar-refractivity contribution < 1.29 is 22.4 Å². The Bertz CT molecular complexity index is 518. The van der Waals surface area contributed by atoms with Gasteiger partial charge in [0.25, 0.3) is 0 Å². The lowest BCUT2D eigenvalue weighted by Gasteiger charge is -2.32. The van der Waals surface area contributed by atoms with Crippen molar-refractivity contribution in [3.05, 3.63) is 29.3 Å². The summed E-state index contributed by atoms with van der Waals surface area (Å²) in [4.78, 5) is 15.4. The van der Waals surface area contributed by atoms with Gasteiger partial charge in [-0.3, -0.25) is 4.79 Å². The lowest BCUT2D eigenvalue weighted by molar-refractivity contribution is -0.130. The monoisotopic (exact) mass is 305 g/mol. The molecule has 8 heteroatoms. The van der Waals surface area contributed by atoms with Gasteiger partial charge in [-0.1, -0.05) is 0 Å². The van der Waals surface area contributed by atoms with Crippen LogP contribution in [0, 0.1) is 23.3 Å². The van der Waals surface area contributed by atoms with E-state index in [1.807, 2.05) is 11.9 Å². The second kappa shape index (κ2) is 6.30. The first-order valence-corrected chi connectivity index (χ1v) is 6.43. The molecule has 0 spiro atoms. The molecule has 116 valence electrons. The zero-order valence-electron chi connectivity index (χ0n) is 11.4. The molecule has 1 amide bonds. The summed E-state index contributed by atoms with van der Waals surface area (Å²) in [7, 11) is 1.92. The lowest BCUT2D eigenvalue weighted by Crippen LogP contribution is -2.48. The van der Waals surface area contributed by atoms with Crippen molar-refractivity contribution in [2.75, 3.05) is 45.1 Å². The number of amides is 1. The first-order chi connectivity index (χ1) is 9.90. The van der Waals surface area contributed by atoms with Crippen LogP contribution >= 0.6 is 0 Å². The number of nitrogens with one attached hydrogen (secondary N) is 1. The first-order valence-electron chi connectivity index (χ1n) is 6.43. The Morgan fingerprint density at radius 3 is 2.14 bits per heavy atom. The average Bonchev–Trinajstić information content (AvgIpc) is 2.45. The van der Waals surface area contributed by atoms with E-state index in [1.165, 1.54) is 4.90 Å². The number of piperazine rings is 1. The number of hydrogen-bond donors (Lipinski definition) is 1. The van der Waals surface area contributed by atoms with Crippen LogP contribution in [-0.4, -0.2) is 55.5 Å². The number of hydrogen-bond acceptors (Lipinski definition) is 3. The number of carbonyl (C=O) groups is 1. The van der Waals surface area contributed by atoms with Gasteiger partial charge in [-0.15, -0.1) is 0 Å². The van der Waals surface area contributed by atoms with E-state index in [4.69, 9.17) is 0 Å². The molecule has 1 aromatic rings. The molecule has 4 nitrogen and oxygen atoms in total. The summed E-state index contributed by atoms with van der Waals surface area (Å²) in [5.41, 5.74) is -0.963. The molecule has 2 rings (SSSR count). The van der Waals surface area contributed by atoms with Gasteiger partial charge in [0.15, 0.2) is 23.3 Å². The van der Waals surface area contributed by atoms with Crippen molar-refractivity contribution in [1.82, 2.24) is 9.80 Å². The van der Waals surface area contributed by atoms with Crippen molar-refractivity contribution in [1.29, 1.82) is 0 Å². The maximum absolute atomic E-state index is 13.4. The van der Waals surface area contributed by atoms with Crippen LogP contribution in [-0.2, 0) is 4.79 Å². The average molecular weight is 305 g/mol. The van der Waals surface area contributed by atoms with Gasteiger partial charge < -0.3 is 15.1 Å². The van der Waals surface area contributed by atoms with Crippen molar-refractivity contribution in [2.45, 2.75) is 0 Å². The van der Waals surface area contributed by atoms with E-state index in [0.29, 0.717) is 26.2 Å². The first kappa shape index (κ1) is 15.6. The summed E-state index contributed by atoms with van der Waals surface area (Å²) < 4.78 is 52.9. The summed E-state index contributed by atoms with van der Waals surface area (Å²) in [6, 6.07) is 0.123. The minimum Gasteiger partial charge on any atom is -0.371 e. The Morgan fingerprint density at radius 1 is 1.10 bits per heavy atom. The zero-order valence-corrected chi connectivity index (χ0v) is 11.4. The Labute approximate surface area is 119 Å². The molecular formula is C13H15F4N3O. The molecule has 0 atom stereocenters. The molecule has 0 bridgehead atoms. The summed E-state index contributed by atoms with van der Waals surface area (Å²) >= 11 is 0. The highest BCUT2D eigenvalue weighted by molar-refractivity contribution is 5.81. The van der Waals surface area contributed by atoms with E-state index in [2.05, 4.69) is 5.32 Å². The largest absolute Gasteiger partial charge is 0.371 e. The van der Waals surface area contributed by atoms with Gasteiger partial charge in [0.2, 0.25) is 5.91 Å². The molecule has 1 heterocycles. The molecule has 21 heavy (non-hydrogen) atoms. The SMILES string of the molecule is CN1CCN(C(=O)CNc2c(F)c(F)cc(F)c2F)CC1. The number of likely N-dealkylation sites (N-methyl/N-ethyl adjacent to an activating group) is 1. The minimum absolute atomic E-state index is 0.123. The fourth-order valence-corrected chi connectivity index (χ4v) is 2.06. The quantitative estimate of drug-likeness (QED) is 0.678. The summed E-state index contributed by atoms with van der Waals surface area (Å²) in [5, 5.41) is 2.14. The van der Waals surface area contributed by atoms with Crippen LogP contribution in [0.15, 0.2) is 6.07 Å². The van der Waals surface area contributed by atoms with Gasteiger partial charge in [-0.2, -0.15) is 0 Å². The number of halogens is 4. The molecule has 0 aromatic heterocycles. The van der Waals surface area contributed by atoms with E-state index in [0.717, 1.165) is 0 Å². The van der Waals surface area contributed by atoms with Crippen molar-refractivity contribution >= 4 is 11.6 Å². The van der Waals surface area contributed by atoms with E-state index in [1.54, 1.807) is 0 Å². The van der Waals surface area contributed by atoms with Crippen molar-refractivity contribution in [3.8, 4) is 0 Å². The normalized spacial score (nSPS) is 16.1. The molecule has 0 aliphatic carbocycles. The van der Waals surface area contributed by atoms with E-state index < -0.39 is 35.5 Å². The highest BCUT2D eigenvalue weighted by atomic mass is 19.2. The lowest BCUT2D eigenvalue weighted by atomic mass is 10.2. The molecule has 0 saturated carbocycles. The van der Waals surface area contributed by atoms with Crippen molar-refractivity contribution in [2.24, 2.45) is 0 Å². The summed E-state index contributed by atoms with van der Waals surface area (Å²) in [6.45, 7) is 1.96. The van der Waals surface area contributed by atoms with Crippen LogP contribution in [0.5, 0.6) is 0 Å². The Balaban J connectivity index is 2.02. The molecule has 1 saturated heterocycles. The van der Waals surface area contributed by atoms with Gasteiger partial charge in [-0.25, -0.2) is 17.6 Å². The van der Waals surface area contributed by atoms with Gasteiger partial charge in [-0.05, 0) is 7.05 Å². The van der Waals surface area contributed by atoms with E-state index in [9.17, 15) is 22.4 Å². The number of benzene rings is 1. The minimum atomic E-state index is -1.54. The van der Waals surface area contributed by atoms with Crippen molar-refractivity contribution in [3.63, 3.8) is 0 Å². The number of anilines is 1. The maximum atomic E-state index is 13.4. The van der Waals surface area contributed by atoms with Gasteiger partial charge in [0.05, 0.1) is 6.54 Å². The van der Waals surface area contributed by atoms with Crippen LogP contribution < -0.4 is 5.32 Å². The third kappa shape index (κ3) is 3.44. The summed E-state index contributed by atoms with van der Waals surface area (Å²) in [6.07, 6.45) is 0. The Hall–Kier alpha value is -1.83. The Morgan fingerprint density at radius 2 is 1.62 bits per heavy atom. The molecule has 0 radical (unpaired) electrons. The topological polar surface area (TPSA) is 35.6 Å². The van der Waals surface area contributed by atoms with Crippen LogP contribution in [0.1, 0.15) is 0 Å². The highest BCUT2D eigenvalue weighted by Gasteiger charge is 2.22. The second-order valence-electron chi connectivity index (χ2n) is 4.88. The molecule has 1 aromatic carbocycles. The Kier molecular flexibility index (Phi) is 4.66. The summed E-state index contributed by atoms with van der Waals surface area (Å²) in [5.74, 6) is -6.49. The van der Waals surface area contributed by atoms with E-state index >= 15 is 0 Å². The fraction of sp³-hybridized carbons (Fsp3) is 0.462. The van der Waals surface area contributed by atoms with Crippen LogP contribution in [0.2, 0.25) is 0 Å². The molecular weight excluding hydrogens is 290 g/mol.